The Morgan fingerprint density at radius 2 is 1.67 bits per heavy atom. The molecule has 0 bridgehead atoms. The molecule has 1 amide bonds. The highest BCUT2D eigenvalue weighted by molar-refractivity contribution is 7.92. The first-order chi connectivity index (χ1) is 14.1. The Morgan fingerprint density at radius 3 is 2.27 bits per heavy atom. The smallest absolute Gasteiger partial charge is 0.243 e. The summed E-state index contributed by atoms with van der Waals surface area (Å²) in [6.45, 7) is 0.177. The Bertz CT molecular complexity index is 1120. The zero-order valence-corrected chi connectivity index (χ0v) is 18.8. The molecule has 7 nitrogen and oxygen atoms in total. The van der Waals surface area contributed by atoms with Crippen LogP contribution in [0.25, 0.3) is 11.1 Å². The van der Waals surface area contributed by atoms with Crippen LogP contribution in [0.4, 0.5) is 0 Å². The number of hydrogen-bond donors (Lipinski definition) is 1. The van der Waals surface area contributed by atoms with Gasteiger partial charge in [-0.05, 0) is 48.2 Å². The van der Waals surface area contributed by atoms with Crippen molar-refractivity contribution in [2.45, 2.75) is 23.0 Å². The van der Waals surface area contributed by atoms with Crippen molar-refractivity contribution in [3.63, 3.8) is 0 Å². The second-order valence-electron chi connectivity index (χ2n) is 7.12. The minimum absolute atomic E-state index is 0.0884. The predicted molar refractivity (Wildman–Crippen MR) is 117 cm³/mol. The highest BCUT2D eigenvalue weighted by atomic mass is 35.5. The molecule has 2 aromatic carbocycles. The molecule has 0 aromatic heterocycles. The maximum absolute atomic E-state index is 13.1. The summed E-state index contributed by atoms with van der Waals surface area (Å²) < 4.78 is 52.2. The maximum Gasteiger partial charge on any atom is 0.243 e. The molecule has 3 rings (SSSR count). The van der Waals surface area contributed by atoms with Gasteiger partial charge in [0.25, 0.3) is 0 Å². The Balaban J connectivity index is 1.75. The third-order valence-electron chi connectivity index (χ3n) is 5.17. The molecule has 1 fully saturated rings. The summed E-state index contributed by atoms with van der Waals surface area (Å²) >= 11 is 5.92. The predicted octanol–water partition coefficient (Wildman–Crippen LogP) is 2.32. The number of nitrogens with one attached hydrogen (secondary N) is 1. The topological polar surface area (TPSA) is 101 Å². The summed E-state index contributed by atoms with van der Waals surface area (Å²) in [5.74, 6) is -1.14. The third-order valence-corrected chi connectivity index (χ3v) is 9.47. The van der Waals surface area contributed by atoms with E-state index in [0.29, 0.717) is 5.02 Å². The summed E-state index contributed by atoms with van der Waals surface area (Å²) in [5.41, 5.74) is 1.59. The van der Waals surface area contributed by atoms with Crippen molar-refractivity contribution in [2.24, 2.45) is 0 Å². The van der Waals surface area contributed by atoms with Gasteiger partial charge in [0, 0.05) is 25.2 Å². The van der Waals surface area contributed by atoms with Crippen LogP contribution in [-0.4, -0.2) is 58.2 Å². The van der Waals surface area contributed by atoms with E-state index in [1.807, 2.05) is 18.2 Å². The van der Waals surface area contributed by atoms with E-state index in [2.05, 4.69) is 5.32 Å². The van der Waals surface area contributed by atoms with Crippen LogP contribution in [0.15, 0.2) is 53.4 Å². The van der Waals surface area contributed by atoms with Crippen LogP contribution in [0.1, 0.15) is 12.8 Å². The largest absolute Gasteiger partial charge is 0.358 e. The van der Waals surface area contributed by atoms with Gasteiger partial charge in [-0.3, -0.25) is 4.79 Å². The number of benzene rings is 2. The van der Waals surface area contributed by atoms with Gasteiger partial charge in [0.1, 0.15) is 5.75 Å². The molecule has 0 radical (unpaired) electrons. The van der Waals surface area contributed by atoms with Crippen molar-refractivity contribution >= 4 is 37.4 Å². The fourth-order valence-corrected chi connectivity index (χ4v) is 6.75. The molecule has 0 atom stereocenters. The van der Waals surface area contributed by atoms with Crippen molar-refractivity contribution in [3.8, 4) is 11.1 Å². The number of carbonyl (C=O) groups is 1. The molecular formula is C20H23ClN2O5S2. The van der Waals surface area contributed by atoms with Gasteiger partial charge in [-0.2, -0.15) is 4.31 Å². The molecule has 0 aliphatic carbocycles. The monoisotopic (exact) mass is 470 g/mol. The minimum atomic E-state index is -3.76. The summed E-state index contributed by atoms with van der Waals surface area (Å²) in [6.07, 6.45) is 0.324. The fourth-order valence-electron chi connectivity index (χ4n) is 3.43. The Labute approximate surface area is 182 Å². The molecule has 10 heteroatoms. The first-order valence-corrected chi connectivity index (χ1v) is 12.9. The molecule has 0 spiro atoms. The normalized spacial score (nSPS) is 16.3. The van der Waals surface area contributed by atoms with Crippen LogP contribution in [-0.2, 0) is 24.7 Å². The van der Waals surface area contributed by atoms with Crippen LogP contribution >= 0.6 is 11.6 Å². The highest BCUT2D eigenvalue weighted by Gasteiger charge is 2.35. The number of piperidine rings is 1. The zero-order valence-electron chi connectivity index (χ0n) is 16.4. The summed E-state index contributed by atoms with van der Waals surface area (Å²) in [5, 5.41) is 2.18. The van der Waals surface area contributed by atoms with Gasteiger partial charge in [-0.25, -0.2) is 16.8 Å². The molecule has 1 saturated heterocycles. The molecule has 1 N–H and O–H groups in total. The average Bonchev–Trinajstić information content (AvgIpc) is 2.74. The molecule has 1 aliphatic rings. The molecular weight excluding hydrogens is 448 g/mol. The van der Waals surface area contributed by atoms with Crippen molar-refractivity contribution in [1.82, 2.24) is 9.62 Å². The lowest BCUT2D eigenvalue weighted by Crippen LogP contribution is -2.44. The highest BCUT2D eigenvalue weighted by Crippen LogP contribution is 2.28. The van der Waals surface area contributed by atoms with Crippen LogP contribution in [0.3, 0.4) is 0 Å². The van der Waals surface area contributed by atoms with Crippen LogP contribution in [0, 0.1) is 0 Å². The molecule has 1 heterocycles. The van der Waals surface area contributed by atoms with E-state index in [9.17, 15) is 21.6 Å². The first kappa shape index (κ1) is 22.7. The molecule has 162 valence electrons. The van der Waals surface area contributed by atoms with Crippen molar-refractivity contribution in [1.29, 1.82) is 0 Å². The van der Waals surface area contributed by atoms with E-state index in [4.69, 9.17) is 11.6 Å². The fraction of sp³-hybridized carbons (Fsp3) is 0.350. The maximum atomic E-state index is 13.1. The lowest BCUT2D eigenvalue weighted by Gasteiger charge is -2.31. The number of sulfone groups is 1. The van der Waals surface area contributed by atoms with Crippen molar-refractivity contribution < 1.29 is 21.6 Å². The SMILES string of the molecule is CNC(=O)CS(=O)(=O)C1CCN(S(=O)(=O)c2cccc(-c3ccc(Cl)cc3)c2)CC1. The number of rotatable bonds is 6. The standard InChI is InChI=1S/C20H23ClN2O5S2/c1-22-20(24)14-29(25,26)18-9-11-23(12-10-18)30(27,28)19-4-2-3-16(13-19)15-5-7-17(21)8-6-15/h2-8,13,18H,9-12,14H2,1H3,(H,22,24). The van der Waals surface area contributed by atoms with E-state index >= 15 is 0 Å². The summed E-state index contributed by atoms with van der Waals surface area (Å²) in [6, 6.07) is 13.7. The van der Waals surface area contributed by atoms with Gasteiger partial charge in [0.15, 0.2) is 9.84 Å². The van der Waals surface area contributed by atoms with E-state index in [0.717, 1.165) is 11.1 Å². The Kier molecular flexibility index (Phi) is 6.86. The van der Waals surface area contributed by atoms with E-state index in [1.54, 1.807) is 24.3 Å². The number of hydrogen-bond acceptors (Lipinski definition) is 5. The Hall–Kier alpha value is -1.94. The zero-order chi connectivity index (χ0) is 21.9. The second-order valence-corrected chi connectivity index (χ2v) is 11.8. The molecule has 0 saturated carbocycles. The molecule has 1 aliphatic heterocycles. The van der Waals surface area contributed by atoms with Crippen LogP contribution in [0.5, 0.6) is 0 Å². The number of carbonyl (C=O) groups excluding carboxylic acids is 1. The van der Waals surface area contributed by atoms with Crippen molar-refractivity contribution in [3.05, 3.63) is 53.6 Å². The van der Waals surface area contributed by atoms with Gasteiger partial charge in [-0.1, -0.05) is 35.9 Å². The van der Waals surface area contributed by atoms with Gasteiger partial charge >= 0.3 is 0 Å². The quantitative estimate of drug-likeness (QED) is 0.698. The first-order valence-electron chi connectivity index (χ1n) is 9.42. The minimum Gasteiger partial charge on any atom is -0.358 e. The van der Waals surface area contributed by atoms with Gasteiger partial charge in [0.05, 0.1) is 10.1 Å². The van der Waals surface area contributed by atoms with Gasteiger partial charge < -0.3 is 5.32 Å². The number of nitrogens with zero attached hydrogens (tertiary/aromatic N) is 1. The van der Waals surface area contributed by atoms with Gasteiger partial charge in [-0.15, -0.1) is 0 Å². The molecule has 2 aromatic rings. The second kappa shape index (κ2) is 9.05. The van der Waals surface area contributed by atoms with E-state index in [-0.39, 0.29) is 30.8 Å². The van der Waals surface area contributed by atoms with E-state index < -0.39 is 36.8 Å². The summed E-state index contributed by atoms with van der Waals surface area (Å²) in [7, 11) is -6.00. The molecule has 30 heavy (non-hydrogen) atoms. The average molecular weight is 471 g/mol. The van der Waals surface area contributed by atoms with Gasteiger partial charge in [0.2, 0.25) is 15.9 Å². The lowest BCUT2D eigenvalue weighted by molar-refractivity contribution is -0.118. The number of sulfonamides is 1. The third kappa shape index (κ3) is 5.03. The van der Waals surface area contributed by atoms with Crippen LogP contribution < -0.4 is 5.32 Å². The van der Waals surface area contributed by atoms with E-state index in [1.165, 1.54) is 17.4 Å². The summed E-state index contributed by atoms with van der Waals surface area (Å²) in [4.78, 5) is 11.6. The Morgan fingerprint density at radius 1 is 1.03 bits per heavy atom. The molecule has 0 unspecified atom stereocenters. The van der Waals surface area contributed by atoms with Crippen LogP contribution in [0.2, 0.25) is 5.02 Å². The number of halogens is 1. The number of amides is 1. The van der Waals surface area contributed by atoms with Crippen molar-refractivity contribution in [2.75, 3.05) is 25.9 Å². The lowest BCUT2D eigenvalue weighted by atomic mass is 10.1.